The molecule has 8 nitrogen and oxygen atoms in total. The van der Waals surface area contributed by atoms with E-state index < -0.39 is 11.9 Å². The topological polar surface area (TPSA) is 146 Å². The van der Waals surface area contributed by atoms with E-state index in [1.807, 2.05) is 0 Å². The minimum Gasteiger partial charge on any atom is -0.465 e. The van der Waals surface area contributed by atoms with E-state index in [2.05, 4.69) is 10.3 Å². The number of anilines is 4. The zero-order valence-corrected chi connectivity index (χ0v) is 14.0. The summed E-state index contributed by atoms with van der Waals surface area (Å²) in [6.07, 6.45) is 0. The van der Waals surface area contributed by atoms with E-state index in [0.717, 1.165) is 11.3 Å². The molecular formula is C16H15N5O3S. The minimum absolute atomic E-state index is 0.178. The van der Waals surface area contributed by atoms with Gasteiger partial charge in [0.15, 0.2) is 0 Å². The van der Waals surface area contributed by atoms with Crippen molar-refractivity contribution in [3.8, 4) is 0 Å². The van der Waals surface area contributed by atoms with Crippen molar-refractivity contribution in [3.05, 3.63) is 40.8 Å². The quantitative estimate of drug-likeness (QED) is 0.525. The summed E-state index contributed by atoms with van der Waals surface area (Å²) in [7, 11) is 1.27. The highest BCUT2D eigenvalue weighted by Crippen LogP contribution is 2.35. The number of aromatic nitrogens is 1. The van der Waals surface area contributed by atoms with Crippen molar-refractivity contribution in [3.63, 3.8) is 0 Å². The smallest absolute Gasteiger partial charge is 0.339 e. The molecule has 0 aliphatic heterocycles. The molecule has 3 aromatic rings. The molecule has 2 heterocycles. The molecular weight excluding hydrogens is 342 g/mol. The van der Waals surface area contributed by atoms with Crippen LogP contribution in [0.2, 0.25) is 0 Å². The summed E-state index contributed by atoms with van der Waals surface area (Å²) in [5.41, 5.74) is 18.6. The van der Waals surface area contributed by atoms with Crippen molar-refractivity contribution >= 4 is 56.3 Å². The molecule has 1 aromatic carbocycles. The van der Waals surface area contributed by atoms with E-state index in [1.165, 1.54) is 7.11 Å². The van der Waals surface area contributed by atoms with Crippen LogP contribution in [0, 0.1) is 0 Å². The molecule has 1 amide bonds. The van der Waals surface area contributed by atoms with E-state index in [4.69, 9.17) is 21.9 Å². The molecule has 0 fully saturated rings. The third-order valence-electron chi connectivity index (χ3n) is 3.57. The van der Waals surface area contributed by atoms with Gasteiger partial charge in [-0.1, -0.05) is 12.1 Å². The van der Waals surface area contributed by atoms with Crippen molar-refractivity contribution in [2.45, 2.75) is 0 Å². The third-order valence-corrected chi connectivity index (χ3v) is 4.68. The number of benzene rings is 1. The summed E-state index contributed by atoms with van der Waals surface area (Å²) >= 11 is 1.09. The number of hydrogen-bond donors (Lipinski definition) is 4. The lowest BCUT2D eigenvalue weighted by atomic mass is 10.1. The number of pyridine rings is 1. The number of nitrogens with one attached hydrogen (secondary N) is 1. The SMILES string of the molecule is COC(=O)c1ccccc1NC(=O)c1sc2nc(N)c(N)cc2c1N. The van der Waals surface area contributed by atoms with Gasteiger partial charge in [0.25, 0.3) is 5.91 Å². The van der Waals surface area contributed by atoms with E-state index in [0.29, 0.717) is 21.6 Å². The molecule has 3 rings (SSSR count). The molecule has 9 heteroatoms. The Morgan fingerprint density at radius 1 is 1.20 bits per heavy atom. The number of carbonyl (C=O) groups excluding carboxylic acids is 2. The van der Waals surface area contributed by atoms with Gasteiger partial charge in [-0.2, -0.15) is 0 Å². The van der Waals surface area contributed by atoms with Crippen molar-refractivity contribution in [1.82, 2.24) is 4.98 Å². The number of thiophene rings is 1. The number of rotatable bonds is 3. The number of ether oxygens (including phenoxy) is 1. The molecule has 0 spiro atoms. The average molecular weight is 357 g/mol. The molecule has 25 heavy (non-hydrogen) atoms. The standard InChI is InChI=1S/C16H15N5O3S/c1-24-16(23)7-4-2-3-5-10(7)20-14(22)12-11(18)8-6-9(17)13(19)21-15(8)25-12/h2-6H,17-18H2,1H3,(H2,19,21)(H,20,22). The van der Waals surface area contributed by atoms with Crippen molar-refractivity contribution in [1.29, 1.82) is 0 Å². The highest BCUT2D eigenvalue weighted by molar-refractivity contribution is 7.21. The second-order valence-electron chi connectivity index (χ2n) is 5.15. The summed E-state index contributed by atoms with van der Waals surface area (Å²) < 4.78 is 4.71. The van der Waals surface area contributed by atoms with Gasteiger partial charge in [0.05, 0.1) is 29.7 Å². The van der Waals surface area contributed by atoms with Gasteiger partial charge in [0.2, 0.25) is 0 Å². The summed E-state index contributed by atoms with van der Waals surface area (Å²) in [5.74, 6) is -0.840. The predicted molar refractivity (Wildman–Crippen MR) is 98.6 cm³/mol. The molecule has 0 saturated carbocycles. The van der Waals surface area contributed by atoms with Crippen LogP contribution in [0.5, 0.6) is 0 Å². The first kappa shape index (κ1) is 16.5. The second kappa shape index (κ2) is 6.29. The Hall–Kier alpha value is -3.33. The molecule has 0 atom stereocenters. The van der Waals surface area contributed by atoms with E-state index in [9.17, 15) is 9.59 Å². The monoisotopic (exact) mass is 357 g/mol. The lowest BCUT2D eigenvalue weighted by Gasteiger charge is -2.09. The number of amides is 1. The van der Waals surface area contributed by atoms with Crippen LogP contribution < -0.4 is 22.5 Å². The van der Waals surface area contributed by atoms with Crippen LogP contribution in [-0.2, 0) is 4.74 Å². The van der Waals surface area contributed by atoms with Crippen LogP contribution in [0.25, 0.3) is 10.2 Å². The maximum Gasteiger partial charge on any atom is 0.339 e. The Balaban J connectivity index is 1.99. The summed E-state index contributed by atoms with van der Waals surface area (Å²) in [6.45, 7) is 0. The molecule has 0 radical (unpaired) electrons. The Morgan fingerprint density at radius 3 is 2.64 bits per heavy atom. The van der Waals surface area contributed by atoms with Gasteiger partial charge < -0.3 is 27.3 Å². The molecule has 0 saturated heterocycles. The lowest BCUT2D eigenvalue weighted by Crippen LogP contribution is -2.15. The number of carbonyl (C=O) groups is 2. The Labute approximate surface area is 146 Å². The van der Waals surface area contributed by atoms with Crippen LogP contribution in [0.3, 0.4) is 0 Å². The maximum absolute atomic E-state index is 12.6. The second-order valence-corrected chi connectivity index (χ2v) is 6.15. The summed E-state index contributed by atoms with van der Waals surface area (Å²) in [5, 5.41) is 3.23. The molecule has 7 N–H and O–H groups in total. The number of esters is 1. The molecule has 0 unspecified atom stereocenters. The minimum atomic E-state index is -0.553. The van der Waals surface area contributed by atoms with E-state index in [-0.39, 0.29) is 21.9 Å². The van der Waals surface area contributed by atoms with Gasteiger partial charge in [-0.3, -0.25) is 4.79 Å². The van der Waals surface area contributed by atoms with Gasteiger partial charge in [-0.05, 0) is 18.2 Å². The van der Waals surface area contributed by atoms with Gasteiger partial charge in [0, 0.05) is 5.39 Å². The first-order chi connectivity index (χ1) is 11.9. The first-order valence-electron chi connectivity index (χ1n) is 7.15. The van der Waals surface area contributed by atoms with E-state index >= 15 is 0 Å². The highest BCUT2D eigenvalue weighted by Gasteiger charge is 2.20. The van der Waals surface area contributed by atoms with Crippen LogP contribution in [0.1, 0.15) is 20.0 Å². The molecule has 0 bridgehead atoms. The number of fused-ring (bicyclic) bond motifs is 1. The molecule has 0 aliphatic carbocycles. The largest absolute Gasteiger partial charge is 0.465 e. The molecule has 0 aliphatic rings. The van der Waals surface area contributed by atoms with Crippen molar-refractivity contribution in [2.75, 3.05) is 29.6 Å². The van der Waals surface area contributed by atoms with Crippen LogP contribution in [-0.4, -0.2) is 24.0 Å². The predicted octanol–water partition coefficient (Wildman–Crippen LogP) is 2.08. The molecule has 2 aromatic heterocycles. The van der Waals surface area contributed by atoms with Gasteiger partial charge in [0.1, 0.15) is 15.5 Å². The zero-order valence-electron chi connectivity index (χ0n) is 13.2. The van der Waals surface area contributed by atoms with Crippen molar-refractivity contribution < 1.29 is 14.3 Å². The number of para-hydroxylation sites is 1. The summed E-state index contributed by atoms with van der Waals surface area (Å²) in [4.78, 5) is 29.3. The van der Waals surface area contributed by atoms with Crippen molar-refractivity contribution in [2.24, 2.45) is 0 Å². The van der Waals surface area contributed by atoms with Crippen LogP contribution in [0.15, 0.2) is 30.3 Å². The zero-order chi connectivity index (χ0) is 18.1. The third kappa shape index (κ3) is 2.92. The van der Waals surface area contributed by atoms with Gasteiger partial charge >= 0.3 is 5.97 Å². The summed E-state index contributed by atoms with van der Waals surface area (Å²) in [6, 6.07) is 8.10. The fraction of sp³-hybridized carbons (Fsp3) is 0.0625. The van der Waals surface area contributed by atoms with Crippen LogP contribution >= 0.6 is 11.3 Å². The fourth-order valence-electron chi connectivity index (χ4n) is 2.30. The average Bonchev–Trinajstić information content (AvgIpc) is 2.91. The number of nitrogens with two attached hydrogens (primary N) is 3. The number of nitrogens with zero attached hydrogens (tertiary/aromatic N) is 1. The van der Waals surface area contributed by atoms with Crippen LogP contribution in [0.4, 0.5) is 22.9 Å². The number of hydrogen-bond acceptors (Lipinski definition) is 8. The Kier molecular flexibility index (Phi) is 4.15. The first-order valence-corrected chi connectivity index (χ1v) is 7.96. The molecule has 128 valence electrons. The highest BCUT2D eigenvalue weighted by atomic mass is 32.1. The van der Waals surface area contributed by atoms with Gasteiger partial charge in [-0.15, -0.1) is 11.3 Å². The number of methoxy groups -OCH3 is 1. The Bertz CT molecular complexity index is 999. The van der Waals surface area contributed by atoms with E-state index in [1.54, 1.807) is 30.3 Å². The maximum atomic E-state index is 12.6. The van der Waals surface area contributed by atoms with Gasteiger partial charge in [-0.25, -0.2) is 9.78 Å². The Morgan fingerprint density at radius 2 is 1.92 bits per heavy atom. The lowest BCUT2D eigenvalue weighted by molar-refractivity contribution is 0.0602. The number of nitrogen functional groups attached to an aromatic ring is 3. The fourth-order valence-corrected chi connectivity index (χ4v) is 3.28. The normalized spacial score (nSPS) is 10.6.